The standard InChI is InChI=1S/C19H16Br2N2OS/c1-2-7-24-18-12(8-13(20)9-16(18)21)11-23-19-15(10-22)14-5-3-4-6-17(14)25-19/h2,8-9,11H,1,3-7H2. The molecule has 128 valence electrons. The predicted molar refractivity (Wildman–Crippen MR) is 110 cm³/mol. The fourth-order valence-electron chi connectivity index (χ4n) is 2.86. The first-order chi connectivity index (χ1) is 12.1. The number of thiophene rings is 1. The lowest BCUT2D eigenvalue weighted by molar-refractivity contribution is 0.360. The number of benzene rings is 1. The summed E-state index contributed by atoms with van der Waals surface area (Å²) >= 11 is 8.66. The largest absolute Gasteiger partial charge is 0.488 e. The quantitative estimate of drug-likeness (QED) is 0.371. The van der Waals surface area contributed by atoms with Gasteiger partial charge >= 0.3 is 0 Å². The van der Waals surface area contributed by atoms with Crippen LogP contribution in [-0.4, -0.2) is 12.8 Å². The van der Waals surface area contributed by atoms with Gasteiger partial charge in [-0.25, -0.2) is 4.99 Å². The van der Waals surface area contributed by atoms with Gasteiger partial charge in [0.1, 0.15) is 23.4 Å². The van der Waals surface area contributed by atoms with Crippen LogP contribution in [0, 0.1) is 11.3 Å². The highest BCUT2D eigenvalue weighted by atomic mass is 79.9. The molecule has 0 atom stereocenters. The molecule has 0 fully saturated rings. The van der Waals surface area contributed by atoms with Crippen LogP contribution < -0.4 is 4.74 Å². The number of ether oxygens (including phenoxy) is 1. The number of nitrogens with zero attached hydrogens (tertiary/aromatic N) is 2. The van der Waals surface area contributed by atoms with E-state index in [2.05, 4.69) is 49.5 Å². The van der Waals surface area contributed by atoms with Crippen molar-refractivity contribution in [1.82, 2.24) is 0 Å². The molecular weight excluding hydrogens is 464 g/mol. The van der Waals surface area contributed by atoms with Crippen LogP contribution >= 0.6 is 43.2 Å². The predicted octanol–water partition coefficient (Wildman–Crippen LogP) is 6.34. The second-order valence-corrected chi connectivity index (χ2v) is 8.52. The van der Waals surface area contributed by atoms with Crippen molar-refractivity contribution >= 4 is 54.4 Å². The molecule has 25 heavy (non-hydrogen) atoms. The summed E-state index contributed by atoms with van der Waals surface area (Å²) in [5.41, 5.74) is 2.78. The van der Waals surface area contributed by atoms with E-state index in [9.17, 15) is 5.26 Å². The Kier molecular flexibility index (Phi) is 6.10. The molecule has 1 aliphatic rings. The van der Waals surface area contributed by atoms with Gasteiger partial charge in [-0.2, -0.15) is 5.26 Å². The van der Waals surface area contributed by atoms with Gasteiger partial charge in [-0.15, -0.1) is 11.3 Å². The average molecular weight is 480 g/mol. The third kappa shape index (κ3) is 4.05. The highest BCUT2D eigenvalue weighted by Crippen LogP contribution is 2.40. The van der Waals surface area contributed by atoms with Crippen LogP contribution in [-0.2, 0) is 12.8 Å². The van der Waals surface area contributed by atoms with Gasteiger partial charge in [0.25, 0.3) is 0 Å². The second-order valence-electron chi connectivity index (χ2n) is 5.67. The lowest BCUT2D eigenvalue weighted by atomic mass is 9.96. The van der Waals surface area contributed by atoms with E-state index >= 15 is 0 Å². The molecule has 2 aromatic rings. The molecule has 1 aromatic carbocycles. The Hall–Kier alpha value is -1.42. The van der Waals surface area contributed by atoms with Gasteiger partial charge in [-0.05, 0) is 59.3 Å². The molecule has 1 heterocycles. The molecule has 1 aromatic heterocycles. The molecule has 0 bridgehead atoms. The topological polar surface area (TPSA) is 45.4 Å². The Morgan fingerprint density at radius 1 is 1.32 bits per heavy atom. The van der Waals surface area contributed by atoms with E-state index in [0.29, 0.717) is 12.4 Å². The van der Waals surface area contributed by atoms with Gasteiger partial charge in [0, 0.05) is 21.1 Å². The van der Waals surface area contributed by atoms with E-state index in [1.54, 1.807) is 23.6 Å². The number of aliphatic imine (C=N–C) groups is 1. The lowest BCUT2D eigenvalue weighted by Gasteiger charge is -2.10. The van der Waals surface area contributed by atoms with Crippen LogP contribution in [0.25, 0.3) is 0 Å². The van der Waals surface area contributed by atoms with Crippen molar-refractivity contribution in [3.8, 4) is 11.8 Å². The van der Waals surface area contributed by atoms with Gasteiger partial charge in [0.15, 0.2) is 0 Å². The molecule has 0 saturated carbocycles. The minimum Gasteiger partial charge on any atom is -0.488 e. The van der Waals surface area contributed by atoms with Crippen LogP contribution in [0.4, 0.5) is 5.00 Å². The Morgan fingerprint density at radius 2 is 2.12 bits per heavy atom. The number of aryl methyl sites for hydroxylation is 1. The fraction of sp³-hybridized carbons (Fsp3) is 0.263. The maximum Gasteiger partial charge on any atom is 0.142 e. The number of hydrogen-bond donors (Lipinski definition) is 0. The van der Waals surface area contributed by atoms with E-state index < -0.39 is 0 Å². The van der Waals surface area contributed by atoms with Crippen molar-refractivity contribution in [2.45, 2.75) is 25.7 Å². The third-order valence-corrected chi connectivity index (χ3v) is 6.21. The number of nitriles is 1. The van der Waals surface area contributed by atoms with Crippen molar-refractivity contribution in [2.75, 3.05) is 6.61 Å². The summed E-state index contributed by atoms with van der Waals surface area (Å²) in [6.07, 6.45) is 7.86. The Morgan fingerprint density at radius 3 is 2.88 bits per heavy atom. The highest BCUT2D eigenvalue weighted by Gasteiger charge is 2.20. The monoisotopic (exact) mass is 478 g/mol. The van der Waals surface area contributed by atoms with E-state index in [1.165, 1.54) is 16.9 Å². The summed E-state index contributed by atoms with van der Waals surface area (Å²) < 4.78 is 7.53. The van der Waals surface area contributed by atoms with E-state index in [0.717, 1.165) is 44.3 Å². The molecule has 3 nitrogen and oxygen atoms in total. The SMILES string of the molecule is C=CCOc1c(Br)cc(Br)cc1C=Nc1sc2c(c1C#N)CCCC2. The van der Waals surface area contributed by atoms with Gasteiger partial charge < -0.3 is 4.74 Å². The summed E-state index contributed by atoms with van der Waals surface area (Å²) in [5.74, 6) is 0.715. The van der Waals surface area contributed by atoms with E-state index in [4.69, 9.17) is 4.74 Å². The molecule has 3 rings (SSSR count). The van der Waals surface area contributed by atoms with Crippen molar-refractivity contribution < 1.29 is 4.74 Å². The number of hydrogen-bond acceptors (Lipinski definition) is 4. The van der Waals surface area contributed by atoms with Crippen LogP contribution in [0.2, 0.25) is 0 Å². The van der Waals surface area contributed by atoms with Gasteiger partial charge in [-0.3, -0.25) is 0 Å². The summed E-state index contributed by atoms with van der Waals surface area (Å²) in [7, 11) is 0. The maximum absolute atomic E-state index is 9.55. The van der Waals surface area contributed by atoms with Crippen LogP contribution in [0.3, 0.4) is 0 Å². The van der Waals surface area contributed by atoms with Gasteiger partial charge in [0.2, 0.25) is 0 Å². The molecule has 0 amide bonds. The Bertz CT molecular complexity index is 881. The molecule has 0 aliphatic heterocycles. The van der Waals surface area contributed by atoms with Crippen LogP contribution in [0.5, 0.6) is 5.75 Å². The molecule has 0 saturated heterocycles. The summed E-state index contributed by atoms with van der Waals surface area (Å²) in [4.78, 5) is 5.94. The molecule has 1 aliphatic carbocycles. The molecule has 0 radical (unpaired) electrons. The number of halogens is 2. The van der Waals surface area contributed by atoms with E-state index in [-0.39, 0.29) is 0 Å². The fourth-order valence-corrected chi connectivity index (χ4v) is 5.41. The Labute approximate surface area is 168 Å². The molecule has 0 spiro atoms. The first-order valence-corrected chi connectivity index (χ1v) is 10.4. The molecular formula is C19H16Br2N2OS. The summed E-state index contributed by atoms with van der Waals surface area (Å²) in [5, 5.41) is 10.3. The smallest absolute Gasteiger partial charge is 0.142 e. The average Bonchev–Trinajstić information content (AvgIpc) is 2.96. The first kappa shape index (κ1) is 18.4. The molecule has 0 unspecified atom stereocenters. The lowest BCUT2D eigenvalue weighted by Crippen LogP contribution is -1.99. The van der Waals surface area contributed by atoms with Gasteiger partial charge in [-0.1, -0.05) is 28.6 Å². The van der Waals surface area contributed by atoms with Gasteiger partial charge in [0.05, 0.1) is 10.0 Å². The van der Waals surface area contributed by atoms with Crippen molar-refractivity contribution in [3.05, 3.63) is 55.3 Å². The third-order valence-electron chi connectivity index (χ3n) is 3.97. The zero-order valence-corrected chi connectivity index (χ0v) is 17.5. The minimum atomic E-state index is 0.415. The molecule has 6 heteroatoms. The molecule has 0 N–H and O–H groups in total. The van der Waals surface area contributed by atoms with Crippen molar-refractivity contribution in [2.24, 2.45) is 4.99 Å². The number of fused-ring (bicyclic) bond motifs is 1. The zero-order valence-electron chi connectivity index (χ0n) is 13.5. The van der Waals surface area contributed by atoms with Crippen LogP contribution in [0.15, 0.2) is 38.7 Å². The maximum atomic E-state index is 9.55. The first-order valence-electron chi connectivity index (χ1n) is 7.95. The number of rotatable bonds is 5. The Balaban J connectivity index is 1.99. The summed E-state index contributed by atoms with van der Waals surface area (Å²) in [6, 6.07) is 6.23. The zero-order chi connectivity index (χ0) is 17.8. The highest BCUT2D eigenvalue weighted by molar-refractivity contribution is 9.11. The second kappa shape index (κ2) is 8.31. The van der Waals surface area contributed by atoms with Crippen molar-refractivity contribution in [1.29, 1.82) is 5.26 Å². The van der Waals surface area contributed by atoms with Crippen molar-refractivity contribution in [3.63, 3.8) is 0 Å². The summed E-state index contributed by atoms with van der Waals surface area (Å²) in [6.45, 7) is 4.10. The minimum absolute atomic E-state index is 0.415. The van der Waals surface area contributed by atoms with E-state index in [1.807, 2.05) is 12.1 Å². The normalized spacial score (nSPS) is 13.5. The van der Waals surface area contributed by atoms with Crippen LogP contribution in [0.1, 0.15) is 34.4 Å².